The zero-order valence-corrected chi connectivity index (χ0v) is 14.4. The van der Waals surface area contributed by atoms with Gasteiger partial charge >= 0.3 is 0 Å². The molecule has 1 aliphatic heterocycles. The number of imidazole rings is 1. The van der Waals surface area contributed by atoms with Crippen molar-refractivity contribution in [3.8, 4) is 0 Å². The van der Waals surface area contributed by atoms with Crippen molar-refractivity contribution in [3.05, 3.63) is 35.2 Å². The van der Waals surface area contributed by atoms with Crippen LogP contribution in [0.3, 0.4) is 0 Å². The molecule has 0 radical (unpaired) electrons. The molecule has 0 aromatic carbocycles. The summed E-state index contributed by atoms with van der Waals surface area (Å²) in [6.45, 7) is 6.05. The standard InChI is InChI=1S/C16H24N6O/c1-11-14(12(2)21(5)18-11)16(23)22-9-8-19(3)13(10-22)15-17-6-7-20(15)4/h6-7,13H,8-10H2,1-5H3/t13-/m0/s1. The number of hydrogen-bond donors (Lipinski definition) is 0. The van der Waals surface area contributed by atoms with Gasteiger partial charge in [0.15, 0.2) is 0 Å². The van der Waals surface area contributed by atoms with Gasteiger partial charge in [0.05, 0.1) is 17.3 Å². The predicted molar refractivity (Wildman–Crippen MR) is 87.2 cm³/mol. The number of rotatable bonds is 2. The van der Waals surface area contributed by atoms with Crippen molar-refractivity contribution in [1.82, 2.24) is 29.1 Å². The molecule has 1 fully saturated rings. The lowest BCUT2D eigenvalue weighted by molar-refractivity contribution is 0.0527. The van der Waals surface area contributed by atoms with E-state index >= 15 is 0 Å². The highest BCUT2D eigenvalue weighted by Crippen LogP contribution is 2.24. The van der Waals surface area contributed by atoms with Gasteiger partial charge in [-0.2, -0.15) is 5.10 Å². The van der Waals surface area contributed by atoms with E-state index in [1.165, 1.54) is 0 Å². The van der Waals surface area contributed by atoms with Crippen molar-refractivity contribution in [2.24, 2.45) is 14.1 Å². The first-order chi connectivity index (χ1) is 10.9. The van der Waals surface area contributed by atoms with Gasteiger partial charge in [-0.15, -0.1) is 0 Å². The van der Waals surface area contributed by atoms with Gasteiger partial charge in [-0.25, -0.2) is 4.98 Å². The van der Waals surface area contributed by atoms with Crippen LogP contribution in [0, 0.1) is 13.8 Å². The Morgan fingerprint density at radius 2 is 1.96 bits per heavy atom. The van der Waals surface area contributed by atoms with E-state index in [1.807, 2.05) is 43.6 Å². The highest BCUT2D eigenvalue weighted by molar-refractivity contribution is 5.96. The van der Waals surface area contributed by atoms with E-state index in [9.17, 15) is 4.79 Å². The molecule has 1 aliphatic rings. The van der Waals surface area contributed by atoms with Gasteiger partial charge in [-0.05, 0) is 20.9 Å². The van der Waals surface area contributed by atoms with E-state index in [1.54, 1.807) is 10.9 Å². The Labute approximate surface area is 136 Å². The number of aryl methyl sites for hydroxylation is 3. The first kappa shape index (κ1) is 15.7. The summed E-state index contributed by atoms with van der Waals surface area (Å²) in [5, 5.41) is 4.37. The minimum Gasteiger partial charge on any atom is -0.337 e. The van der Waals surface area contributed by atoms with Crippen molar-refractivity contribution in [3.63, 3.8) is 0 Å². The molecule has 0 unspecified atom stereocenters. The van der Waals surface area contributed by atoms with E-state index in [-0.39, 0.29) is 11.9 Å². The largest absolute Gasteiger partial charge is 0.337 e. The molecule has 1 amide bonds. The molecule has 124 valence electrons. The molecule has 2 aromatic rings. The van der Waals surface area contributed by atoms with E-state index in [2.05, 4.69) is 22.0 Å². The van der Waals surface area contributed by atoms with Crippen molar-refractivity contribution in [1.29, 1.82) is 0 Å². The molecule has 1 saturated heterocycles. The van der Waals surface area contributed by atoms with Gasteiger partial charge in [-0.1, -0.05) is 0 Å². The Kier molecular flexibility index (Phi) is 3.97. The van der Waals surface area contributed by atoms with Crippen LogP contribution < -0.4 is 0 Å². The van der Waals surface area contributed by atoms with E-state index in [4.69, 9.17) is 0 Å². The lowest BCUT2D eigenvalue weighted by atomic mass is 10.1. The summed E-state index contributed by atoms with van der Waals surface area (Å²) in [5.41, 5.74) is 2.44. The van der Waals surface area contributed by atoms with Crippen LogP contribution in [0.4, 0.5) is 0 Å². The SMILES string of the molecule is Cc1nn(C)c(C)c1C(=O)N1CCN(C)[C@H](c2nccn2C)C1. The number of aromatic nitrogens is 4. The van der Waals surface area contributed by atoms with Crippen molar-refractivity contribution in [2.45, 2.75) is 19.9 Å². The van der Waals surface area contributed by atoms with Gasteiger partial charge in [0.1, 0.15) is 5.82 Å². The van der Waals surface area contributed by atoms with Crippen LogP contribution in [0.2, 0.25) is 0 Å². The molecular formula is C16H24N6O. The first-order valence-corrected chi connectivity index (χ1v) is 7.87. The van der Waals surface area contributed by atoms with Gasteiger partial charge in [0.25, 0.3) is 5.91 Å². The van der Waals surface area contributed by atoms with Crippen LogP contribution in [0.15, 0.2) is 12.4 Å². The fourth-order valence-electron chi connectivity index (χ4n) is 3.28. The zero-order valence-electron chi connectivity index (χ0n) is 14.4. The van der Waals surface area contributed by atoms with E-state index < -0.39 is 0 Å². The third-order valence-electron chi connectivity index (χ3n) is 4.81. The number of hydrogen-bond acceptors (Lipinski definition) is 4. The van der Waals surface area contributed by atoms with Crippen LogP contribution >= 0.6 is 0 Å². The van der Waals surface area contributed by atoms with E-state index in [0.717, 1.165) is 35.9 Å². The molecule has 1 atom stereocenters. The summed E-state index contributed by atoms with van der Waals surface area (Å²) >= 11 is 0. The third-order valence-corrected chi connectivity index (χ3v) is 4.81. The summed E-state index contributed by atoms with van der Waals surface area (Å²) in [4.78, 5) is 21.6. The average molecular weight is 316 g/mol. The minimum atomic E-state index is 0.0698. The molecule has 7 heteroatoms. The predicted octanol–water partition coefficient (Wildman–Crippen LogP) is 0.899. The molecule has 0 spiro atoms. The second kappa shape index (κ2) is 5.81. The van der Waals surface area contributed by atoms with E-state index in [0.29, 0.717) is 6.54 Å². The number of piperazine rings is 1. The molecule has 3 heterocycles. The molecule has 7 nitrogen and oxygen atoms in total. The fourth-order valence-corrected chi connectivity index (χ4v) is 3.28. The Bertz CT molecular complexity index is 731. The van der Waals surface area contributed by atoms with Gasteiger partial charge in [-0.3, -0.25) is 14.4 Å². The Morgan fingerprint density at radius 3 is 2.52 bits per heavy atom. The maximum Gasteiger partial charge on any atom is 0.257 e. The molecule has 23 heavy (non-hydrogen) atoms. The third kappa shape index (κ3) is 2.65. The fraction of sp³-hybridized carbons (Fsp3) is 0.562. The molecule has 0 aliphatic carbocycles. The van der Waals surface area contributed by atoms with Crippen LogP contribution in [0.1, 0.15) is 33.6 Å². The topological polar surface area (TPSA) is 59.2 Å². The normalized spacial score (nSPS) is 19.3. The molecule has 0 saturated carbocycles. The quantitative estimate of drug-likeness (QED) is 0.826. The lowest BCUT2D eigenvalue weighted by Crippen LogP contribution is -2.49. The zero-order chi connectivity index (χ0) is 16.7. The summed E-state index contributed by atoms with van der Waals surface area (Å²) < 4.78 is 3.80. The Balaban J connectivity index is 1.86. The van der Waals surface area contributed by atoms with Crippen molar-refractivity contribution < 1.29 is 4.79 Å². The van der Waals surface area contributed by atoms with Gasteiger partial charge in [0, 0.05) is 51.8 Å². The first-order valence-electron chi connectivity index (χ1n) is 7.87. The van der Waals surface area contributed by atoms with Crippen molar-refractivity contribution in [2.75, 3.05) is 26.7 Å². The average Bonchev–Trinajstić information content (AvgIpc) is 3.03. The maximum absolute atomic E-state index is 13.0. The number of carbonyl (C=O) groups excluding carboxylic acids is 1. The van der Waals surface area contributed by atoms with Gasteiger partial charge < -0.3 is 9.47 Å². The molecule has 0 bridgehead atoms. The summed E-state index contributed by atoms with van der Waals surface area (Å²) in [6, 6.07) is 0.116. The number of amides is 1. The second-order valence-corrected chi connectivity index (χ2v) is 6.31. The molecule has 0 N–H and O–H groups in total. The second-order valence-electron chi connectivity index (χ2n) is 6.31. The summed E-state index contributed by atoms with van der Waals surface area (Å²) in [6.07, 6.45) is 3.75. The molecule has 2 aromatic heterocycles. The van der Waals surface area contributed by atoms with Crippen molar-refractivity contribution >= 4 is 5.91 Å². The summed E-state index contributed by atoms with van der Waals surface area (Å²) in [7, 11) is 5.95. The molecular weight excluding hydrogens is 292 g/mol. The smallest absolute Gasteiger partial charge is 0.257 e. The van der Waals surface area contributed by atoms with Crippen LogP contribution in [-0.4, -0.2) is 61.7 Å². The Morgan fingerprint density at radius 1 is 1.22 bits per heavy atom. The Hall–Kier alpha value is -2.15. The lowest BCUT2D eigenvalue weighted by Gasteiger charge is -2.39. The number of nitrogens with zero attached hydrogens (tertiary/aromatic N) is 6. The number of likely N-dealkylation sites (N-methyl/N-ethyl adjacent to an activating group) is 1. The highest BCUT2D eigenvalue weighted by Gasteiger charge is 2.32. The van der Waals surface area contributed by atoms with Gasteiger partial charge in [0.2, 0.25) is 0 Å². The minimum absolute atomic E-state index is 0.0698. The maximum atomic E-state index is 13.0. The van der Waals surface area contributed by atoms with Crippen LogP contribution in [0.5, 0.6) is 0 Å². The highest BCUT2D eigenvalue weighted by atomic mass is 16.2. The van der Waals surface area contributed by atoms with Crippen LogP contribution in [-0.2, 0) is 14.1 Å². The van der Waals surface area contributed by atoms with Crippen LogP contribution in [0.25, 0.3) is 0 Å². The summed E-state index contributed by atoms with van der Waals surface area (Å²) in [5.74, 6) is 1.06. The monoisotopic (exact) mass is 316 g/mol. The number of carbonyl (C=O) groups is 1. The molecule has 3 rings (SSSR count).